The minimum Gasteiger partial charge on any atom is -0.462 e. The van der Waals surface area contributed by atoms with Crippen molar-refractivity contribution in [2.45, 2.75) is 77.5 Å². The lowest BCUT2D eigenvalue weighted by atomic mass is 10.1. The van der Waals surface area contributed by atoms with Gasteiger partial charge in [0, 0.05) is 18.0 Å². The Bertz CT molecular complexity index is 910. The Hall–Kier alpha value is -1.14. The maximum atomic E-state index is 13.4. The number of aromatic nitrogens is 2. The average molecular weight is 530 g/mol. The molecule has 0 aliphatic heterocycles. The van der Waals surface area contributed by atoms with Gasteiger partial charge in [-0.2, -0.15) is 0 Å². The molecule has 0 bridgehead atoms. The standard InChI is InChI=1S/C19H33ClN3O8PS/c1-6-9-33-32(28,22-14(5)18(26)31-12(2)3)30-10-15(17(25)13(4)20)29-11-23-8-7-16(24)21-19(23)27/h7-8,12-15,17,25H,6,9-11H2,1-5H3,(H,22,28)(H,21,24,27). The molecule has 0 amide bonds. The lowest BCUT2D eigenvalue weighted by Gasteiger charge is -2.28. The van der Waals surface area contributed by atoms with E-state index < -0.39 is 47.6 Å². The normalized spacial score (nSPS) is 17.2. The Morgan fingerprint density at radius 2 is 2.00 bits per heavy atom. The van der Waals surface area contributed by atoms with Gasteiger partial charge in [0.2, 0.25) is 0 Å². The quantitative estimate of drug-likeness (QED) is 0.175. The molecule has 190 valence electrons. The predicted octanol–water partition coefficient (Wildman–Crippen LogP) is 2.07. The summed E-state index contributed by atoms with van der Waals surface area (Å²) in [4.78, 5) is 37.3. The van der Waals surface area contributed by atoms with Crippen molar-refractivity contribution in [2.75, 3.05) is 12.4 Å². The summed E-state index contributed by atoms with van der Waals surface area (Å²) in [6.07, 6.45) is -0.674. The van der Waals surface area contributed by atoms with E-state index >= 15 is 0 Å². The fourth-order valence-electron chi connectivity index (χ4n) is 2.38. The Balaban J connectivity index is 2.94. The summed E-state index contributed by atoms with van der Waals surface area (Å²) in [5.41, 5.74) is -1.26. The van der Waals surface area contributed by atoms with Crippen molar-refractivity contribution in [3.05, 3.63) is 33.1 Å². The second-order valence-corrected chi connectivity index (χ2v) is 12.6. The smallest absolute Gasteiger partial charge is 0.330 e. The first-order chi connectivity index (χ1) is 15.4. The topological polar surface area (TPSA) is 149 Å². The van der Waals surface area contributed by atoms with Crippen LogP contribution in [0, 0.1) is 0 Å². The molecule has 1 heterocycles. The first kappa shape index (κ1) is 29.9. The molecule has 11 nitrogen and oxygen atoms in total. The monoisotopic (exact) mass is 529 g/mol. The number of H-pyrrole nitrogens is 1. The number of carbonyl (C=O) groups excluding carboxylic acids is 1. The number of aliphatic hydroxyl groups excluding tert-OH is 1. The molecule has 3 N–H and O–H groups in total. The van der Waals surface area contributed by atoms with Crippen LogP contribution < -0.4 is 16.3 Å². The third kappa shape index (κ3) is 10.8. The Morgan fingerprint density at radius 3 is 2.55 bits per heavy atom. The van der Waals surface area contributed by atoms with E-state index in [2.05, 4.69) is 10.1 Å². The van der Waals surface area contributed by atoms with E-state index in [1.807, 2.05) is 6.92 Å². The van der Waals surface area contributed by atoms with E-state index in [9.17, 15) is 24.1 Å². The zero-order valence-electron chi connectivity index (χ0n) is 19.4. The summed E-state index contributed by atoms with van der Waals surface area (Å²) in [5.74, 6) is -0.0891. The molecule has 0 radical (unpaired) electrons. The average Bonchev–Trinajstić information content (AvgIpc) is 2.72. The van der Waals surface area contributed by atoms with E-state index in [1.54, 1.807) is 20.8 Å². The first-order valence-electron chi connectivity index (χ1n) is 10.5. The van der Waals surface area contributed by atoms with Crippen LogP contribution in [-0.2, 0) is 30.1 Å². The zero-order chi connectivity index (χ0) is 25.2. The number of aliphatic hydroxyl groups is 1. The Morgan fingerprint density at radius 1 is 1.33 bits per heavy atom. The van der Waals surface area contributed by atoms with Crippen LogP contribution in [0.25, 0.3) is 0 Å². The molecule has 1 aromatic rings. The molecule has 14 heteroatoms. The van der Waals surface area contributed by atoms with Gasteiger partial charge < -0.3 is 19.1 Å². The zero-order valence-corrected chi connectivity index (χ0v) is 21.8. The van der Waals surface area contributed by atoms with Crippen LogP contribution in [0.3, 0.4) is 0 Å². The van der Waals surface area contributed by atoms with Gasteiger partial charge >= 0.3 is 18.4 Å². The fraction of sp³-hybridized carbons (Fsp3) is 0.737. The number of hydrogen-bond acceptors (Lipinski definition) is 9. The molecule has 0 aliphatic carbocycles. The minimum atomic E-state index is -3.61. The molecule has 0 saturated carbocycles. The molecule has 0 aromatic carbocycles. The van der Waals surface area contributed by atoms with Crippen molar-refractivity contribution in [2.24, 2.45) is 0 Å². The number of halogens is 1. The van der Waals surface area contributed by atoms with Crippen LogP contribution in [0.2, 0.25) is 0 Å². The summed E-state index contributed by atoms with van der Waals surface area (Å²) >= 11 is 7.03. The van der Waals surface area contributed by atoms with Crippen LogP contribution in [0.15, 0.2) is 21.9 Å². The molecule has 0 spiro atoms. The maximum Gasteiger partial charge on any atom is 0.330 e. The van der Waals surface area contributed by atoms with Gasteiger partial charge in [-0.1, -0.05) is 18.3 Å². The van der Waals surface area contributed by atoms with Gasteiger partial charge in [0.15, 0.2) is 0 Å². The lowest BCUT2D eigenvalue weighted by molar-refractivity contribution is -0.149. The van der Waals surface area contributed by atoms with Crippen molar-refractivity contribution in [3.8, 4) is 0 Å². The lowest BCUT2D eigenvalue weighted by Crippen LogP contribution is -2.41. The molecule has 0 saturated heterocycles. The second kappa shape index (κ2) is 14.3. The number of nitrogens with one attached hydrogen (secondary N) is 2. The molecule has 5 unspecified atom stereocenters. The van der Waals surface area contributed by atoms with Gasteiger partial charge in [0.1, 0.15) is 18.9 Å². The fourth-order valence-corrected chi connectivity index (χ4v) is 6.49. The molecular formula is C19H33ClN3O8PS. The third-order valence-electron chi connectivity index (χ3n) is 4.11. The van der Waals surface area contributed by atoms with Gasteiger partial charge in [0.25, 0.3) is 5.56 Å². The van der Waals surface area contributed by atoms with Crippen LogP contribution in [0.5, 0.6) is 0 Å². The summed E-state index contributed by atoms with van der Waals surface area (Å²) in [6, 6.07) is 0.243. The van der Waals surface area contributed by atoms with E-state index in [-0.39, 0.29) is 19.4 Å². The van der Waals surface area contributed by atoms with Crippen molar-refractivity contribution in [1.82, 2.24) is 14.6 Å². The van der Waals surface area contributed by atoms with Crippen molar-refractivity contribution < 1.29 is 28.5 Å². The highest BCUT2D eigenvalue weighted by atomic mass is 35.5. The Kier molecular flexibility index (Phi) is 13.0. The first-order valence-corrected chi connectivity index (χ1v) is 14.1. The maximum absolute atomic E-state index is 13.4. The predicted molar refractivity (Wildman–Crippen MR) is 128 cm³/mol. The molecule has 1 aromatic heterocycles. The van der Waals surface area contributed by atoms with E-state index in [4.69, 9.17) is 25.6 Å². The summed E-state index contributed by atoms with van der Waals surface area (Å²) < 4.78 is 30.9. The molecular weight excluding hydrogens is 497 g/mol. The molecule has 0 aliphatic rings. The number of esters is 1. The van der Waals surface area contributed by atoms with Gasteiger partial charge in [0.05, 0.1) is 24.2 Å². The summed E-state index contributed by atoms with van der Waals surface area (Å²) in [5, 5.41) is 12.4. The van der Waals surface area contributed by atoms with E-state index in [1.165, 1.54) is 13.1 Å². The number of rotatable bonds is 15. The van der Waals surface area contributed by atoms with Gasteiger partial charge in [-0.15, -0.1) is 11.6 Å². The Labute approximate surface area is 201 Å². The molecule has 1 rings (SSSR count). The third-order valence-corrected chi connectivity index (χ3v) is 8.69. The van der Waals surface area contributed by atoms with Crippen molar-refractivity contribution in [1.29, 1.82) is 0 Å². The van der Waals surface area contributed by atoms with Crippen LogP contribution in [0.4, 0.5) is 0 Å². The van der Waals surface area contributed by atoms with E-state index in [0.29, 0.717) is 12.2 Å². The van der Waals surface area contributed by atoms with E-state index in [0.717, 1.165) is 22.0 Å². The number of nitrogens with zero attached hydrogens (tertiary/aromatic N) is 1. The summed E-state index contributed by atoms with van der Waals surface area (Å²) in [6.45, 7) is 4.10. The highest BCUT2D eigenvalue weighted by Crippen LogP contribution is 2.56. The molecule has 33 heavy (non-hydrogen) atoms. The highest BCUT2D eigenvalue weighted by molar-refractivity contribution is 8.56. The largest absolute Gasteiger partial charge is 0.462 e. The number of ether oxygens (including phenoxy) is 2. The van der Waals surface area contributed by atoms with Crippen LogP contribution >= 0.6 is 29.7 Å². The van der Waals surface area contributed by atoms with Gasteiger partial charge in [-0.3, -0.25) is 23.7 Å². The SMILES string of the molecule is CCCSP(=O)(NC(C)C(=O)OC(C)C)OCC(OCn1ccc(=O)[nH]c1=O)C(O)C(C)Cl. The van der Waals surface area contributed by atoms with Gasteiger partial charge in [-0.25, -0.2) is 9.88 Å². The molecule has 5 atom stereocenters. The van der Waals surface area contributed by atoms with Crippen molar-refractivity contribution >= 4 is 35.7 Å². The molecule has 0 fully saturated rings. The van der Waals surface area contributed by atoms with Crippen LogP contribution in [0.1, 0.15) is 41.0 Å². The number of carbonyl (C=O) groups is 1. The summed E-state index contributed by atoms with van der Waals surface area (Å²) in [7, 11) is 0. The second-order valence-electron chi connectivity index (χ2n) is 7.55. The minimum absolute atomic E-state index is 0.318. The number of hydrogen-bond donors (Lipinski definition) is 3. The van der Waals surface area contributed by atoms with Crippen molar-refractivity contribution in [3.63, 3.8) is 0 Å². The number of alkyl halides is 1. The highest BCUT2D eigenvalue weighted by Gasteiger charge is 2.33. The van der Waals surface area contributed by atoms with Gasteiger partial charge in [-0.05, 0) is 34.1 Å². The van der Waals surface area contributed by atoms with Crippen LogP contribution in [-0.4, -0.2) is 62.7 Å². The number of aromatic amines is 1.